The Balaban J connectivity index is 4.23. The van der Waals surface area contributed by atoms with E-state index in [4.69, 9.17) is 5.21 Å². The summed E-state index contributed by atoms with van der Waals surface area (Å²) in [6, 6.07) is 0. The smallest absolute Gasteiger partial charge is 0.269 e. The molecule has 0 aliphatic carbocycles. The van der Waals surface area contributed by atoms with Crippen LogP contribution in [0, 0.1) is 0 Å². The maximum Gasteiger partial charge on any atom is 0.269 e. The molecule has 0 aromatic carbocycles. The maximum atomic E-state index is 11.2. The summed E-state index contributed by atoms with van der Waals surface area (Å²) in [5.41, 5.74) is -0.132. The van der Waals surface area contributed by atoms with Crippen LogP contribution >= 0.6 is 0 Å². The van der Waals surface area contributed by atoms with Crippen molar-refractivity contribution in [2.45, 2.75) is 39.7 Å². The highest BCUT2D eigenvalue weighted by molar-refractivity contribution is 6.38. The van der Waals surface area contributed by atoms with Gasteiger partial charge in [0.05, 0.1) is 0 Å². The van der Waals surface area contributed by atoms with Crippen LogP contribution in [0.3, 0.4) is 0 Å². The van der Waals surface area contributed by atoms with Gasteiger partial charge in [-0.3, -0.25) is 4.79 Å². The Morgan fingerprint density at radius 1 is 1.50 bits per heavy atom. The zero-order valence-corrected chi connectivity index (χ0v) is 8.01. The van der Waals surface area contributed by atoms with E-state index in [1.807, 2.05) is 20.8 Å². The summed E-state index contributed by atoms with van der Waals surface area (Å²) in [5.74, 6) is -0.312. The van der Waals surface area contributed by atoms with Gasteiger partial charge in [0, 0.05) is 5.54 Å². The molecule has 0 bridgehead atoms. The third-order valence-corrected chi connectivity index (χ3v) is 1.21. The molecule has 1 amide bonds. The molecule has 0 heterocycles. The van der Waals surface area contributed by atoms with Crippen molar-refractivity contribution in [3.8, 4) is 0 Å². The van der Waals surface area contributed by atoms with Gasteiger partial charge in [-0.2, -0.15) is 0 Å². The fraction of sp³-hybridized carbons (Fsp3) is 0.750. The summed E-state index contributed by atoms with van der Waals surface area (Å²) in [7, 11) is 0. The second kappa shape index (κ2) is 4.09. The molecule has 12 heavy (non-hydrogen) atoms. The number of rotatable bonds is 2. The van der Waals surface area contributed by atoms with E-state index >= 15 is 0 Å². The molecule has 70 valence electrons. The van der Waals surface area contributed by atoms with E-state index in [1.165, 1.54) is 0 Å². The molecular weight excluding hydrogens is 156 g/mol. The number of nitrogens with one attached hydrogen (secondary N) is 1. The number of hydrogen-bond acceptors (Lipinski definition) is 3. The normalized spacial score (nSPS) is 12.8. The molecule has 4 nitrogen and oxygen atoms in total. The van der Waals surface area contributed by atoms with Crippen molar-refractivity contribution in [1.29, 1.82) is 0 Å². The van der Waals surface area contributed by atoms with Crippen LogP contribution < -0.4 is 5.32 Å². The molecule has 0 spiro atoms. The second-order valence-corrected chi connectivity index (χ2v) is 3.60. The number of oxime groups is 1. The van der Waals surface area contributed by atoms with Crippen molar-refractivity contribution in [2.24, 2.45) is 5.16 Å². The van der Waals surface area contributed by atoms with Crippen LogP contribution in [0.25, 0.3) is 0 Å². The van der Waals surface area contributed by atoms with Gasteiger partial charge >= 0.3 is 0 Å². The Labute approximate surface area is 72.6 Å². The van der Waals surface area contributed by atoms with Crippen LogP contribution in [0.15, 0.2) is 5.16 Å². The lowest BCUT2D eigenvalue weighted by Gasteiger charge is -2.20. The molecule has 2 N–H and O–H groups in total. The summed E-state index contributed by atoms with van der Waals surface area (Å²) in [5, 5.41) is 14.0. The molecule has 0 saturated carbocycles. The van der Waals surface area contributed by atoms with Crippen molar-refractivity contribution in [1.82, 2.24) is 5.32 Å². The molecule has 0 aliphatic rings. The number of amides is 1. The van der Waals surface area contributed by atoms with Crippen molar-refractivity contribution in [2.75, 3.05) is 0 Å². The third kappa shape index (κ3) is 3.95. The lowest BCUT2D eigenvalue weighted by Crippen LogP contribution is -2.44. The zero-order valence-electron chi connectivity index (χ0n) is 8.01. The van der Waals surface area contributed by atoms with Crippen molar-refractivity contribution in [3.63, 3.8) is 0 Å². The van der Waals surface area contributed by atoms with Crippen molar-refractivity contribution >= 4 is 11.6 Å². The van der Waals surface area contributed by atoms with Crippen LogP contribution in [0.5, 0.6) is 0 Å². The minimum atomic E-state index is -0.312. The van der Waals surface area contributed by atoms with Crippen LogP contribution in [-0.2, 0) is 4.79 Å². The number of nitrogens with zero attached hydrogens (tertiary/aromatic N) is 1. The van der Waals surface area contributed by atoms with Crippen LogP contribution in [0.4, 0.5) is 0 Å². The molecule has 0 radical (unpaired) electrons. The van der Waals surface area contributed by atoms with E-state index in [9.17, 15) is 4.79 Å². The predicted octanol–water partition coefficient (Wildman–Crippen LogP) is 1.14. The zero-order chi connectivity index (χ0) is 9.78. The second-order valence-electron chi connectivity index (χ2n) is 3.60. The Morgan fingerprint density at radius 3 is 2.25 bits per heavy atom. The molecule has 0 aliphatic heterocycles. The summed E-state index contributed by atoms with van der Waals surface area (Å²) >= 11 is 0. The average molecular weight is 172 g/mol. The highest BCUT2D eigenvalue weighted by Crippen LogP contribution is 1.99. The van der Waals surface area contributed by atoms with E-state index in [1.54, 1.807) is 6.92 Å². The Hall–Kier alpha value is -1.06. The van der Waals surface area contributed by atoms with E-state index < -0.39 is 0 Å². The molecule has 0 rings (SSSR count). The van der Waals surface area contributed by atoms with Gasteiger partial charge in [-0.25, -0.2) is 0 Å². The van der Waals surface area contributed by atoms with Gasteiger partial charge in [-0.1, -0.05) is 12.1 Å². The lowest BCUT2D eigenvalue weighted by atomic mass is 10.1. The van der Waals surface area contributed by atoms with Crippen LogP contribution in [0.2, 0.25) is 0 Å². The van der Waals surface area contributed by atoms with Crippen molar-refractivity contribution < 1.29 is 10.0 Å². The topological polar surface area (TPSA) is 61.7 Å². The highest BCUT2D eigenvalue weighted by atomic mass is 16.4. The highest BCUT2D eigenvalue weighted by Gasteiger charge is 2.17. The fourth-order valence-corrected chi connectivity index (χ4v) is 0.689. The van der Waals surface area contributed by atoms with E-state index in [2.05, 4.69) is 10.5 Å². The first-order valence-electron chi connectivity index (χ1n) is 3.94. The van der Waals surface area contributed by atoms with Gasteiger partial charge in [-0.05, 0) is 27.2 Å². The summed E-state index contributed by atoms with van der Waals surface area (Å²) in [6.07, 6.45) is 0.429. The monoisotopic (exact) mass is 172 g/mol. The van der Waals surface area contributed by atoms with E-state index in [-0.39, 0.29) is 17.2 Å². The van der Waals surface area contributed by atoms with Crippen LogP contribution in [0.1, 0.15) is 34.1 Å². The van der Waals surface area contributed by atoms with E-state index in [0.29, 0.717) is 6.42 Å². The molecule has 0 unspecified atom stereocenters. The third-order valence-electron chi connectivity index (χ3n) is 1.21. The summed E-state index contributed by atoms with van der Waals surface area (Å²) < 4.78 is 0. The number of carbonyl (C=O) groups is 1. The van der Waals surface area contributed by atoms with Crippen LogP contribution in [-0.4, -0.2) is 22.4 Å². The molecule has 0 fully saturated rings. The summed E-state index contributed by atoms with van der Waals surface area (Å²) in [4.78, 5) is 11.2. The quantitative estimate of drug-likeness (QED) is 0.373. The Kier molecular flexibility index (Phi) is 3.73. The predicted molar refractivity (Wildman–Crippen MR) is 47.4 cm³/mol. The first kappa shape index (κ1) is 10.9. The van der Waals surface area contributed by atoms with Crippen molar-refractivity contribution in [3.05, 3.63) is 0 Å². The molecule has 0 aromatic rings. The number of hydrogen-bond donors (Lipinski definition) is 2. The first-order chi connectivity index (χ1) is 5.40. The minimum absolute atomic E-state index is 0.157. The Bertz CT molecular complexity index is 192. The number of carbonyl (C=O) groups excluding carboxylic acids is 1. The van der Waals surface area contributed by atoms with Gasteiger partial charge in [0.25, 0.3) is 5.91 Å². The SMILES string of the molecule is CCC(=NO)C(=O)NC(C)(C)C. The molecule has 4 heteroatoms. The lowest BCUT2D eigenvalue weighted by molar-refractivity contribution is -0.116. The molecular formula is C8H16N2O2. The minimum Gasteiger partial charge on any atom is -0.410 e. The first-order valence-corrected chi connectivity index (χ1v) is 3.94. The van der Waals surface area contributed by atoms with Gasteiger partial charge < -0.3 is 10.5 Å². The van der Waals surface area contributed by atoms with E-state index in [0.717, 1.165) is 0 Å². The largest absolute Gasteiger partial charge is 0.410 e. The van der Waals surface area contributed by atoms with Gasteiger partial charge in [-0.15, -0.1) is 0 Å². The molecule has 0 saturated heterocycles. The molecule has 0 aromatic heterocycles. The van der Waals surface area contributed by atoms with Gasteiger partial charge in [0.2, 0.25) is 0 Å². The fourth-order valence-electron chi connectivity index (χ4n) is 0.689. The maximum absolute atomic E-state index is 11.2. The van der Waals surface area contributed by atoms with Gasteiger partial charge in [0.15, 0.2) is 0 Å². The average Bonchev–Trinajstić information content (AvgIpc) is 1.85. The Morgan fingerprint density at radius 2 is 2.00 bits per heavy atom. The molecule has 0 atom stereocenters. The standard InChI is InChI=1S/C8H16N2O2/c1-5-6(10-12)7(11)9-8(2,3)4/h12H,5H2,1-4H3,(H,9,11). The summed E-state index contributed by atoms with van der Waals surface area (Å²) in [6.45, 7) is 7.37. The van der Waals surface area contributed by atoms with Gasteiger partial charge in [0.1, 0.15) is 5.71 Å².